The van der Waals surface area contributed by atoms with Crippen molar-refractivity contribution in [3.8, 4) is 0 Å². The summed E-state index contributed by atoms with van der Waals surface area (Å²) in [5.41, 5.74) is 0.596. The van der Waals surface area contributed by atoms with Gasteiger partial charge in [0, 0.05) is 0 Å². The Morgan fingerprint density at radius 3 is 2.95 bits per heavy atom. The van der Waals surface area contributed by atoms with Crippen LogP contribution in [0.4, 0.5) is 5.95 Å². The summed E-state index contributed by atoms with van der Waals surface area (Å²) >= 11 is 5.84. The van der Waals surface area contributed by atoms with Gasteiger partial charge in [-0.25, -0.2) is 13.4 Å². The van der Waals surface area contributed by atoms with Crippen molar-refractivity contribution in [1.29, 1.82) is 0 Å². The first-order valence-electron chi connectivity index (χ1n) is 5.44. The SMILES string of the molecule is CCOC(=O)CS(=O)(=O)Nc1nc(Cl)c2[nH]cnc2n1. The van der Waals surface area contributed by atoms with Crippen LogP contribution in [0.25, 0.3) is 11.2 Å². The number of nitrogens with one attached hydrogen (secondary N) is 2. The average molecular weight is 320 g/mol. The first kappa shape index (κ1) is 14.5. The molecule has 2 heterocycles. The second-order valence-electron chi connectivity index (χ2n) is 3.61. The fraction of sp³-hybridized carbons (Fsp3) is 0.333. The molecule has 0 atom stereocenters. The number of aromatic amines is 1. The molecule has 0 spiro atoms. The Kier molecular flexibility index (Phi) is 4.04. The third-order valence-corrected chi connectivity index (χ3v) is 3.48. The van der Waals surface area contributed by atoms with Crippen molar-refractivity contribution in [2.24, 2.45) is 0 Å². The van der Waals surface area contributed by atoms with Crippen LogP contribution >= 0.6 is 11.6 Å². The van der Waals surface area contributed by atoms with Gasteiger partial charge in [0.15, 0.2) is 16.6 Å². The zero-order valence-corrected chi connectivity index (χ0v) is 11.8. The Labute approximate surface area is 118 Å². The third-order valence-electron chi connectivity index (χ3n) is 2.10. The number of H-pyrrole nitrogens is 1. The van der Waals surface area contributed by atoms with E-state index in [0.717, 1.165) is 0 Å². The molecule has 0 bridgehead atoms. The summed E-state index contributed by atoms with van der Waals surface area (Å²) in [6.45, 7) is 1.67. The number of carbonyl (C=O) groups is 1. The van der Waals surface area contributed by atoms with Crippen molar-refractivity contribution in [3.05, 3.63) is 11.5 Å². The summed E-state index contributed by atoms with van der Waals surface area (Å²) in [5.74, 6) is -1.97. The fourth-order valence-electron chi connectivity index (χ4n) is 1.38. The molecule has 2 rings (SSSR count). The first-order valence-corrected chi connectivity index (χ1v) is 7.47. The molecule has 0 aliphatic carbocycles. The van der Waals surface area contributed by atoms with E-state index in [4.69, 9.17) is 11.6 Å². The maximum atomic E-state index is 11.7. The molecule has 0 amide bonds. The van der Waals surface area contributed by atoms with Gasteiger partial charge in [-0.05, 0) is 6.92 Å². The van der Waals surface area contributed by atoms with Crippen molar-refractivity contribution < 1.29 is 17.9 Å². The molecule has 9 nitrogen and oxygen atoms in total. The molecule has 2 N–H and O–H groups in total. The van der Waals surface area contributed by atoms with Gasteiger partial charge >= 0.3 is 5.97 Å². The van der Waals surface area contributed by atoms with E-state index in [1.165, 1.54) is 6.33 Å². The van der Waals surface area contributed by atoms with Crippen LogP contribution in [0.2, 0.25) is 5.15 Å². The number of anilines is 1. The molecular formula is C9H10ClN5O4S. The van der Waals surface area contributed by atoms with Crippen LogP contribution in [0.1, 0.15) is 6.92 Å². The van der Waals surface area contributed by atoms with Gasteiger partial charge in [0.25, 0.3) is 0 Å². The van der Waals surface area contributed by atoms with Crippen molar-refractivity contribution in [1.82, 2.24) is 19.9 Å². The highest BCUT2D eigenvalue weighted by Gasteiger charge is 2.19. The number of hydrogen-bond donors (Lipinski definition) is 2. The summed E-state index contributed by atoms with van der Waals surface area (Å²) in [4.78, 5) is 25.3. The molecule has 2 aromatic heterocycles. The first-order chi connectivity index (χ1) is 9.41. The van der Waals surface area contributed by atoms with E-state index in [1.807, 2.05) is 4.72 Å². The number of esters is 1. The quantitative estimate of drug-likeness (QED) is 0.599. The molecule has 108 valence electrons. The van der Waals surface area contributed by atoms with Gasteiger partial charge in [-0.2, -0.15) is 9.97 Å². The van der Waals surface area contributed by atoms with Crippen LogP contribution in [-0.2, 0) is 19.6 Å². The highest BCUT2D eigenvalue weighted by molar-refractivity contribution is 7.93. The Bertz CT molecular complexity index is 744. The third kappa shape index (κ3) is 3.33. The number of imidazole rings is 1. The lowest BCUT2D eigenvalue weighted by Gasteiger charge is -2.06. The van der Waals surface area contributed by atoms with Gasteiger partial charge in [-0.15, -0.1) is 0 Å². The van der Waals surface area contributed by atoms with E-state index in [1.54, 1.807) is 6.92 Å². The molecule has 0 saturated carbocycles. The average Bonchev–Trinajstić information content (AvgIpc) is 2.75. The number of halogens is 1. The van der Waals surface area contributed by atoms with Crippen molar-refractivity contribution in [3.63, 3.8) is 0 Å². The minimum Gasteiger partial charge on any atom is -0.465 e. The lowest BCUT2D eigenvalue weighted by molar-refractivity contribution is -0.139. The molecule has 0 fully saturated rings. The van der Waals surface area contributed by atoms with Crippen molar-refractivity contribution in [2.45, 2.75) is 6.92 Å². The number of hydrogen-bond acceptors (Lipinski definition) is 7. The van der Waals surface area contributed by atoms with Crippen LogP contribution < -0.4 is 4.72 Å². The predicted molar refractivity (Wildman–Crippen MR) is 70.7 cm³/mol. The summed E-state index contributed by atoms with van der Waals surface area (Å²) in [6.07, 6.45) is 1.35. The Morgan fingerprint density at radius 1 is 1.50 bits per heavy atom. The Balaban J connectivity index is 2.20. The molecule has 0 aliphatic rings. The molecule has 2 aromatic rings. The maximum absolute atomic E-state index is 11.7. The highest BCUT2D eigenvalue weighted by Crippen LogP contribution is 2.18. The number of sulfonamides is 1. The molecule has 0 saturated heterocycles. The molecule has 0 aromatic carbocycles. The lowest BCUT2D eigenvalue weighted by Crippen LogP contribution is -2.25. The molecule has 0 radical (unpaired) electrons. The largest absolute Gasteiger partial charge is 0.465 e. The van der Waals surface area contributed by atoms with E-state index in [-0.39, 0.29) is 23.4 Å². The van der Waals surface area contributed by atoms with Gasteiger partial charge in [0.05, 0.1) is 12.9 Å². The highest BCUT2D eigenvalue weighted by atomic mass is 35.5. The fourth-order valence-corrected chi connectivity index (χ4v) is 2.43. The van der Waals surface area contributed by atoms with Crippen LogP contribution in [0.5, 0.6) is 0 Å². The zero-order chi connectivity index (χ0) is 14.8. The minimum absolute atomic E-state index is 0.0151. The van der Waals surface area contributed by atoms with Gasteiger partial charge in [-0.1, -0.05) is 11.6 Å². The number of aromatic nitrogens is 4. The number of nitrogens with zero attached hydrogens (tertiary/aromatic N) is 3. The molecule has 20 heavy (non-hydrogen) atoms. The van der Waals surface area contributed by atoms with Gasteiger partial charge in [0.1, 0.15) is 5.52 Å². The van der Waals surface area contributed by atoms with Crippen molar-refractivity contribution >= 4 is 44.7 Å². The number of ether oxygens (including phenoxy) is 1. The maximum Gasteiger partial charge on any atom is 0.323 e. The van der Waals surface area contributed by atoms with Crippen LogP contribution in [0.3, 0.4) is 0 Å². The Morgan fingerprint density at radius 2 is 2.25 bits per heavy atom. The summed E-state index contributed by atoms with van der Waals surface area (Å²) < 4.78 is 30.0. The summed E-state index contributed by atoms with van der Waals surface area (Å²) in [6, 6.07) is 0. The van der Waals surface area contributed by atoms with Crippen LogP contribution in [0.15, 0.2) is 6.33 Å². The molecular weight excluding hydrogens is 310 g/mol. The lowest BCUT2D eigenvalue weighted by atomic mass is 10.6. The zero-order valence-electron chi connectivity index (χ0n) is 10.3. The molecule has 11 heteroatoms. The number of rotatable bonds is 5. The smallest absolute Gasteiger partial charge is 0.323 e. The van der Waals surface area contributed by atoms with Gasteiger partial charge < -0.3 is 9.72 Å². The van der Waals surface area contributed by atoms with Gasteiger partial charge in [0.2, 0.25) is 16.0 Å². The second-order valence-corrected chi connectivity index (χ2v) is 5.69. The van der Waals surface area contributed by atoms with E-state index in [0.29, 0.717) is 5.52 Å². The monoisotopic (exact) mass is 319 g/mol. The van der Waals surface area contributed by atoms with Crippen LogP contribution in [0, 0.1) is 0 Å². The predicted octanol–water partition coefficient (Wildman–Crippen LogP) is 0.311. The molecule has 0 aliphatic heterocycles. The van der Waals surface area contributed by atoms with Crippen molar-refractivity contribution in [2.75, 3.05) is 17.1 Å². The topological polar surface area (TPSA) is 127 Å². The van der Waals surface area contributed by atoms with E-state index in [2.05, 4.69) is 24.7 Å². The number of carbonyl (C=O) groups excluding carboxylic acids is 1. The van der Waals surface area contributed by atoms with Crippen LogP contribution in [-0.4, -0.2) is 46.7 Å². The molecule has 0 unspecified atom stereocenters. The second kappa shape index (κ2) is 5.59. The van der Waals surface area contributed by atoms with E-state index in [9.17, 15) is 13.2 Å². The summed E-state index contributed by atoms with van der Waals surface area (Å²) in [7, 11) is -3.97. The number of fused-ring (bicyclic) bond motifs is 1. The summed E-state index contributed by atoms with van der Waals surface area (Å²) in [5, 5.41) is 0.0151. The minimum atomic E-state index is -3.97. The standard InChI is InChI=1S/C9H10ClN5O4S/c1-2-19-5(16)3-20(17,18)15-9-13-7(10)6-8(14-9)12-4-11-6/h4H,2-3H2,1H3,(H2,11,12,13,14,15). The normalized spacial score (nSPS) is 11.5. The van der Waals surface area contributed by atoms with Gasteiger partial charge in [-0.3, -0.25) is 9.52 Å². The van der Waals surface area contributed by atoms with E-state index >= 15 is 0 Å². The Hall–Kier alpha value is -1.94. The van der Waals surface area contributed by atoms with E-state index < -0.39 is 21.7 Å².